The van der Waals surface area contributed by atoms with E-state index in [4.69, 9.17) is 49.0 Å². The normalized spacial score (nSPS) is 19.0. The maximum Gasteiger partial charge on any atom is 0.338 e. The lowest BCUT2D eigenvalue weighted by Crippen LogP contribution is -2.40. The topological polar surface area (TPSA) is 73.9 Å². The second-order valence-corrected chi connectivity index (χ2v) is 6.00. The van der Waals surface area contributed by atoms with Gasteiger partial charge in [0.2, 0.25) is 0 Å². The van der Waals surface area contributed by atoms with Gasteiger partial charge in [-0.3, -0.25) is 4.79 Å². The first-order valence-corrected chi connectivity index (χ1v) is 7.87. The van der Waals surface area contributed by atoms with E-state index in [0.29, 0.717) is 18.2 Å². The number of rotatable bonds is 4. The second kappa shape index (κ2) is 8.17. The SMILES string of the molecule is C[C@H](OC(=O)[C@H]1COCCO1)C(=O)Nc1c(Cl)cc(Cl)cc1Cl. The van der Waals surface area contributed by atoms with Gasteiger partial charge in [-0.2, -0.15) is 0 Å². The molecule has 9 heteroatoms. The predicted molar refractivity (Wildman–Crippen MR) is 86.2 cm³/mol. The molecule has 0 aliphatic carbocycles. The zero-order chi connectivity index (χ0) is 17.0. The van der Waals surface area contributed by atoms with Gasteiger partial charge in [-0.1, -0.05) is 34.8 Å². The molecule has 0 spiro atoms. The molecule has 1 saturated heterocycles. The molecule has 23 heavy (non-hydrogen) atoms. The minimum atomic E-state index is -1.06. The Labute approximate surface area is 147 Å². The van der Waals surface area contributed by atoms with Gasteiger partial charge in [0.1, 0.15) is 0 Å². The molecule has 2 atom stereocenters. The first-order valence-electron chi connectivity index (χ1n) is 6.73. The molecule has 1 aliphatic heterocycles. The molecule has 1 N–H and O–H groups in total. The standard InChI is InChI=1S/C14H14Cl3NO5/c1-7(23-14(20)11-6-21-2-3-22-11)13(19)18-12-9(16)4-8(15)5-10(12)17/h4-5,7,11H,2-3,6H2,1H3,(H,18,19)/t7-,11+/m0/s1. The Morgan fingerprint density at radius 1 is 1.26 bits per heavy atom. The Morgan fingerprint density at radius 2 is 1.91 bits per heavy atom. The number of halogens is 3. The summed E-state index contributed by atoms with van der Waals surface area (Å²) in [5.74, 6) is -1.25. The molecule has 6 nitrogen and oxygen atoms in total. The summed E-state index contributed by atoms with van der Waals surface area (Å²) in [6.07, 6.45) is -1.89. The third kappa shape index (κ3) is 4.96. The number of esters is 1. The molecule has 2 rings (SSSR count). The number of ether oxygens (including phenoxy) is 3. The summed E-state index contributed by atoms with van der Waals surface area (Å²) in [6.45, 7) is 2.25. The Morgan fingerprint density at radius 3 is 2.48 bits per heavy atom. The lowest BCUT2D eigenvalue weighted by atomic mass is 10.3. The molecule has 1 aromatic carbocycles. The molecule has 0 bridgehead atoms. The van der Waals surface area contributed by atoms with Crippen molar-refractivity contribution < 1.29 is 23.8 Å². The highest BCUT2D eigenvalue weighted by atomic mass is 35.5. The van der Waals surface area contributed by atoms with E-state index in [2.05, 4.69) is 5.32 Å². The van der Waals surface area contributed by atoms with E-state index in [1.54, 1.807) is 0 Å². The second-order valence-electron chi connectivity index (χ2n) is 4.75. The number of hydrogen-bond acceptors (Lipinski definition) is 5. The highest BCUT2D eigenvalue weighted by Gasteiger charge is 2.28. The van der Waals surface area contributed by atoms with E-state index in [-0.39, 0.29) is 22.3 Å². The quantitative estimate of drug-likeness (QED) is 0.811. The van der Waals surface area contributed by atoms with E-state index in [1.807, 2.05) is 0 Å². The lowest BCUT2D eigenvalue weighted by molar-refractivity contribution is -0.176. The van der Waals surface area contributed by atoms with Crippen molar-refractivity contribution in [3.63, 3.8) is 0 Å². The van der Waals surface area contributed by atoms with Gasteiger partial charge in [0.05, 0.1) is 35.6 Å². The molecule has 0 aromatic heterocycles. The first-order chi connectivity index (χ1) is 10.9. The van der Waals surface area contributed by atoms with E-state index >= 15 is 0 Å². The summed E-state index contributed by atoms with van der Waals surface area (Å²) in [7, 11) is 0. The van der Waals surface area contributed by atoms with Crippen molar-refractivity contribution in [3.8, 4) is 0 Å². The van der Waals surface area contributed by atoms with Gasteiger partial charge in [-0.25, -0.2) is 4.79 Å². The van der Waals surface area contributed by atoms with Crippen LogP contribution in [0.2, 0.25) is 15.1 Å². The molecule has 1 aromatic rings. The summed E-state index contributed by atoms with van der Waals surface area (Å²) in [5.41, 5.74) is 0.197. The summed E-state index contributed by atoms with van der Waals surface area (Å²) in [5, 5.41) is 3.20. The predicted octanol–water partition coefficient (Wildman–Crippen LogP) is 2.93. The van der Waals surface area contributed by atoms with Crippen LogP contribution < -0.4 is 5.32 Å². The van der Waals surface area contributed by atoms with Crippen LogP contribution in [-0.4, -0.2) is 43.9 Å². The Kier molecular flexibility index (Phi) is 6.50. The average Bonchev–Trinajstić information content (AvgIpc) is 2.51. The summed E-state index contributed by atoms with van der Waals surface area (Å²) in [4.78, 5) is 24.0. The summed E-state index contributed by atoms with van der Waals surface area (Å²) < 4.78 is 15.4. The van der Waals surface area contributed by atoms with Crippen LogP contribution >= 0.6 is 34.8 Å². The Balaban J connectivity index is 1.96. The van der Waals surface area contributed by atoms with Crippen LogP contribution in [0.15, 0.2) is 12.1 Å². The van der Waals surface area contributed by atoms with Crippen LogP contribution in [-0.2, 0) is 23.8 Å². The van der Waals surface area contributed by atoms with Crippen molar-refractivity contribution in [2.24, 2.45) is 0 Å². The number of nitrogens with one attached hydrogen (secondary N) is 1. The maximum absolute atomic E-state index is 12.1. The number of benzene rings is 1. The van der Waals surface area contributed by atoms with Crippen molar-refractivity contribution in [2.75, 3.05) is 25.1 Å². The highest BCUT2D eigenvalue weighted by Crippen LogP contribution is 2.33. The molecule has 1 aliphatic rings. The molecule has 1 heterocycles. The van der Waals surface area contributed by atoms with Gasteiger partial charge in [0.15, 0.2) is 12.2 Å². The zero-order valence-corrected chi connectivity index (χ0v) is 14.4. The molecule has 1 amide bonds. The maximum atomic E-state index is 12.1. The first kappa shape index (κ1) is 18.3. The fraction of sp³-hybridized carbons (Fsp3) is 0.429. The van der Waals surface area contributed by atoms with Gasteiger partial charge < -0.3 is 19.5 Å². The van der Waals surface area contributed by atoms with Crippen LogP contribution in [0.25, 0.3) is 0 Å². The van der Waals surface area contributed by atoms with Crippen molar-refractivity contribution >= 4 is 52.4 Å². The lowest BCUT2D eigenvalue weighted by Gasteiger charge is -2.23. The van der Waals surface area contributed by atoms with Gasteiger partial charge in [-0.15, -0.1) is 0 Å². The monoisotopic (exact) mass is 381 g/mol. The molecular weight excluding hydrogens is 369 g/mol. The van der Waals surface area contributed by atoms with E-state index < -0.39 is 24.1 Å². The Bertz CT molecular complexity index is 581. The third-order valence-corrected chi connectivity index (χ3v) is 3.81. The average molecular weight is 383 g/mol. The van der Waals surface area contributed by atoms with E-state index in [9.17, 15) is 9.59 Å². The molecule has 0 saturated carbocycles. The number of hydrogen-bond donors (Lipinski definition) is 1. The summed E-state index contributed by atoms with van der Waals surface area (Å²) >= 11 is 17.8. The fourth-order valence-electron chi connectivity index (χ4n) is 1.81. The number of anilines is 1. The summed E-state index contributed by atoms with van der Waals surface area (Å²) in [6, 6.07) is 2.88. The molecular formula is C14H14Cl3NO5. The van der Waals surface area contributed by atoms with Gasteiger partial charge >= 0.3 is 5.97 Å². The van der Waals surface area contributed by atoms with Gasteiger partial charge in [-0.05, 0) is 19.1 Å². The van der Waals surface area contributed by atoms with E-state index in [1.165, 1.54) is 19.1 Å². The van der Waals surface area contributed by atoms with Crippen molar-refractivity contribution in [2.45, 2.75) is 19.1 Å². The smallest absolute Gasteiger partial charge is 0.338 e. The highest BCUT2D eigenvalue weighted by molar-refractivity contribution is 6.42. The number of carbonyl (C=O) groups is 2. The third-order valence-electron chi connectivity index (χ3n) is 3.00. The van der Waals surface area contributed by atoms with Gasteiger partial charge in [0.25, 0.3) is 5.91 Å². The van der Waals surface area contributed by atoms with E-state index in [0.717, 1.165) is 0 Å². The van der Waals surface area contributed by atoms with Crippen molar-refractivity contribution in [1.82, 2.24) is 0 Å². The molecule has 1 fully saturated rings. The molecule has 126 valence electrons. The van der Waals surface area contributed by atoms with Crippen LogP contribution in [0.5, 0.6) is 0 Å². The number of amides is 1. The van der Waals surface area contributed by atoms with Gasteiger partial charge in [0, 0.05) is 5.02 Å². The number of carbonyl (C=O) groups excluding carboxylic acids is 2. The molecule has 0 unspecified atom stereocenters. The van der Waals surface area contributed by atoms with Crippen LogP contribution in [0, 0.1) is 0 Å². The van der Waals surface area contributed by atoms with Crippen LogP contribution in [0.3, 0.4) is 0 Å². The fourth-order valence-corrected chi connectivity index (χ4v) is 2.73. The van der Waals surface area contributed by atoms with Crippen molar-refractivity contribution in [1.29, 1.82) is 0 Å². The zero-order valence-electron chi connectivity index (χ0n) is 12.1. The minimum absolute atomic E-state index is 0.0992. The van der Waals surface area contributed by atoms with Crippen LogP contribution in [0.1, 0.15) is 6.92 Å². The Hall–Kier alpha value is -1.05. The minimum Gasteiger partial charge on any atom is -0.451 e. The molecule has 0 radical (unpaired) electrons. The van der Waals surface area contributed by atoms with Crippen LogP contribution in [0.4, 0.5) is 5.69 Å². The van der Waals surface area contributed by atoms with Crippen molar-refractivity contribution in [3.05, 3.63) is 27.2 Å². The largest absolute Gasteiger partial charge is 0.451 e.